The highest BCUT2D eigenvalue weighted by Crippen LogP contribution is 2.33. The van der Waals surface area contributed by atoms with Crippen LogP contribution in [0.3, 0.4) is 0 Å². The van der Waals surface area contributed by atoms with Crippen LogP contribution in [0.5, 0.6) is 5.75 Å². The monoisotopic (exact) mass is 448 g/mol. The van der Waals surface area contributed by atoms with Crippen molar-refractivity contribution in [1.29, 1.82) is 0 Å². The zero-order valence-corrected chi connectivity index (χ0v) is 17.6. The normalized spacial score (nSPS) is 17.5. The van der Waals surface area contributed by atoms with Crippen LogP contribution < -0.4 is 10.1 Å². The fourth-order valence-electron chi connectivity index (χ4n) is 3.72. The fraction of sp³-hybridized carbons (Fsp3) is 0.409. The van der Waals surface area contributed by atoms with Crippen LogP contribution in [0, 0.1) is 5.92 Å². The van der Waals surface area contributed by atoms with E-state index in [4.69, 9.17) is 14.5 Å². The van der Waals surface area contributed by atoms with Gasteiger partial charge in [-0.3, -0.25) is 4.79 Å². The molecule has 3 aromatic heterocycles. The zero-order valence-electron chi connectivity index (χ0n) is 17.6. The highest BCUT2D eigenvalue weighted by molar-refractivity contribution is 6.03. The van der Waals surface area contributed by atoms with Crippen LogP contribution in [0.4, 0.5) is 18.9 Å². The molecule has 4 rings (SSSR count). The Morgan fingerprint density at radius 2 is 2.16 bits per heavy atom. The second-order valence-corrected chi connectivity index (χ2v) is 7.69. The van der Waals surface area contributed by atoms with Crippen molar-refractivity contribution in [3.63, 3.8) is 0 Å². The lowest BCUT2D eigenvalue weighted by Crippen LogP contribution is -2.17. The van der Waals surface area contributed by atoms with Crippen molar-refractivity contribution in [3.05, 3.63) is 53.7 Å². The van der Waals surface area contributed by atoms with Gasteiger partial charge in [0.2, 0.25) is 0 Å². The molecule has 0 radical (unpaired) electrons. The number of amides is 1. The summed E-state index contributed by atoms with van der Waals surface area (Å²) in [6.07, 6.45) is -0.142. The molecule has 1 saturated heterocycles. The number of carbonyl (C=O) groups excluding carboxylic acids is 1. The van der Waals surface area contributed by atoms with E-state index in [1.807, 2.05) is 6.20 Å². The van der Waals surface area contributed by atoms with Gasteiger partial charge in [0, 0.05) is 31.0 Å². The number of aromatic nitrogens is 3. The van der Waals surface area contributed by atoms with Gasteiger partial charge in [0.15, 0.2) is 0 Å². The molecule has 4 heterocycles. The van der Waals surface area contributed by atoms with E-state index in [-0.39, 0.29) is 11.6 Å². The van der Waals surface area contributed by atoms with Crippen LogP contribution >= 0.6 is 0 Å². The van der Waals surface area contributed by atoms with Gasteiger partial charge in [0.05, 0.1) is 18.9 Å². The number of nitrogens with zero attached hydrogens (tertiary/aromatic N) is 3. The van der Waals surface area contributed by atoms with Gasteiger partial charge >= 0.3 is 6.18 Å². The van der Waals surface area contributed by atoms with E-state index < -0.39 is 17.8 Å². The molecule has 32 heavy (non-hydrogen) atoms. The number of imidazole rings is 1. The Balaban J connectivity index is 1.63. The number of fused-ring (bicyclic) bond motifs is 1. The predicted molar refractivity (Wildman–Crippen MR) is 111 cm³/mol. The summed E-state index contributed by atoms with van der Waals surface area (Å²) in [4.78, 5) is 20.8. The molecule has 2 unspecified atom stereocenters. The number of alkyl halides is 3. The van der Waals surface area contributed by atoms with Gasteiger partial charge in [-0.1, -0.05) is 13.0 Å². The second kappa shape index (κ2) is 8.78. The Labute approximate surface area is 182 Å². The van der Waals surface area contributed by atoms with E-state index in [0.29, 0.717) is 36.2 Å². The molecule has 1 aliphatic rings. The third-order valence-electron chi connectivity index (χ3n) is 5.53. The van der Waals surface area contributed by atoms with Crippen molar-refractivity contribution in [2.24, 2.45) is 5.92 Å². The average molecular weight is 448 g/mol. The first-order valence-corrected chi connectivity index (χ1v) is 10.3. The summed E-state index contributed by atoms with van der Waals surface area (Å²) < 4.78 is 51.7. The standard InChI is InChI=1S/C22H23F3N4O3/c1-3-32-18-9-20-27-16(13(2)14-7-8-31-12-14)10-29(20)11-17(18)28-21(30)15-5-4-6-19(26-15)22(23,24)25/h4-6,9-11,13-14H,3,7-8,12H2,1-2H3,(H,28,30). The number of hydrogen-bond acceptors (Lipinski definition) is 5. The highest BCUT2D eigenvalue weighted by Gasteiger charge is 2.33. The quantitative estimate of drug-likeness (QED) is 0.599. The molecular formula is C22H23F3N4O3. The molecule has 0 aromatic carbocycles. The Morgan fingerprint density at radius 1 is 1.34 bits per heavy atom. The van der Waals surface area contributed by atoms with Crippen molar-refractivity contribution in [1.82, 2.24) is 14.4 Å². The zero-order chi connectivity index (χ0) is 22.9. The van der Waals surface area contributed by atoms with Crippen molar-refractivity contribution in [3.8, 4) is 5.75 Å². The van der Waals surface area contributed by atoms with Crippen molar-refractivity contribution >= 4 is 17.2 Å². The van der Waals surface area contributed by atoms with Crippen molar-refractivity contribution in [2.75, 3.05) is 25.1 Å². The summed E-state index contributed by atoms with van der Waals surface area (Å²) in [5, 5.41) is 2.61. The summed E-state index contributed by atoms with van der Waals surface area (Å²) in [7, 11) is 0. The van der Waals surface area contributed by atoms with Gasteiger partial charge in [0.1, 0.15) is 28.5 Å². The lowest BCUT2D eigenvalue weighted by Gasteiger charge is -2.14. The molecule has 0 saturated carbocycles. The molecule has 0 aliphatic carbocycles. The molecule has 1 aliphatic heterocycles. The molecular weight excluding hydrogens is 425 g/mol. The van der Waals surface area contributed by atoms with Crippen molar-refractivity contribution in [2.45, 2.75) is 32.4 Å². The number of ether oxygens (including phenoxy) is 2. The molecule has 7 nitrogen and oxygen atoms in total. The maximum atomic E-state index is 12.9. The van der Waals surface area contributed by atoms with E-state index in [1.165, 1.54) is 6.07 Å². The van der Waals surface area contributed by atoms with Crippen LogP contribution in [0.1, 0.15) is 48.1 Å². The lowest BCUT2D eigenvalue weighted by atomic mass is 9.91. The first kappa shape index (κ1) is 22.1. The lowest BCUT2D eigenvalue weighted by molar-refractivity contribution is -0.141. The molecule has 1 N–H and O–H groups in total. The molecule has 1 fully saturated rings. The van der Waals surface area contributed by atoms with Crippen LogP contribution in [0.15, 0.2) is 36.7 Å². The third kappa shape index (κ3) is 4.55. The average Bonchev–Trinajstić information content (AvgIpc) is 3.43. The van der Waals surface area contributed by atoms with Crippen LogP contribution in [-0.4, -0.2) is 40.1 Å². The maximum absolute atomic E-state index is 12.9. The smallest absolute Gasteiger partial charge is 0.433 e. The Bertz CT molecular complexity index is 1120. The SMILES string of the molecule is CCOc1cc2nc(C(C)C3CCOC3)cn2cc1NC(=O)c1cccc(C(F)(F)F)n1. The first-order valence-electron chi connectivity index (χ1n) is 10.3. The summed E-state index contributed by atoms with van der Waals surface area (Å²) in [5.74, 6) is 0.181. The van der Waals surface area contributed by atoms with E-state index in [1.54, 1.807) is 23.6 Å². The van der Waals surface area contributed by atoms with Crippen LogP contribution in [0.2, 0.25) is 0 Å². The van der Waals surface area contributed by atoms with Crippen molar-refractivity contribution < 1.29 is 27.4 Å². The molecule has 0 spiro atoms. The number of rotatable bonds is 6. The molecule has 0 bridgehead atoms. The summed E-state index contributed by atoms with van der Waals surface area (Å²) >= 11 is 0. The molecule has 170 valence electrons. The summed E-state index contributed by atoms with van der Waals surface area (Å²) in [6.45, 7) is 5.68. The summed E-state index contributed by atoms with van der Waals surface area (Å²) in [6, 6.07) is 4.88. The molecule has 1 amide bonds. The Kier molecular flexibility index (Phi) is 6.05. The number of pyridine rings is 2. The predicted octanol–water partition coefficient (Wildman–Crippen LogP) is 4.54. The molecule has 10 heteroatoms. The number of anilines is 1. The Hall–Kier alpha value is -3.14. The first-order chi connectivity index (χ1) is 15.3. The topological polar surface area (TPSA) is 77.8 Å². The Morgan fingerprint density at radius 3 is 2.84 bits per heavy atom. The van der Waals surface area contributed by atoms with Gasteiger partial charge in [0.25, 0.3) is 5.91 Å². The minimum atomic E-state index is -4.64. The van der Waals surface area contributed by atoms with E-state index in [9.17, 15) is 18.0 Å². The number of nitrogens with one attached hydrogen (secondary N) is 1. The van der Waals surface area contributed by atoms with Gasteiger partial charge < -0.3 is 19.2 Å². The number of hydrogen-bond donors (Lipinski definition) is 1. The van der Waals surface area contributed by atoms with Gasteiger partial charge in [-0.25, -0.2) is 9.97 Å². The van der Waals surface area contributed by atoms with Gasteiger partial charge in [-0.05, 0) is 31.4 Å². The number of halogens is 3. The van der Waals surface area contributed by atoms with Gasteiger partial charge in [-0.15, -0.1) is 0 Å². The minimum Gasteiger partial charge on any atom is -0.491 e. The second-order valence-electron chi connectivity index (χ2n) is 7.69. The van der Waals surface area contributed by atoms with E-state index in [2.05, 4.69) is 17.2 Å². The van der Waals surface area contributed by atoms with E-state index >= 15 is 0 Å². The molecule has 3 aromatic rings. The largest absolute Gasteiger partial charge is 0.491 e. The number of carbonyl (C=O) groups is 1. The van der Waals surface area contributed by atoms with Gasteiger partial charge in [-0.2, -0.15) is 13.2 Å². The highest BCUT2D eigenvalue weighted by atomic mass is 19.4. The summed E-state index contributed by atoms with van der Waals surface area (Å²) in [5.41, 5.74) is 0.373. The van der Waals surface area contributed by atoms with E-state index in [0.717, 1.165) is 30.9 Å². The third-order valence-corrected chi connectivity index (χ3v) is 5.53. The maximum Gasteiger partial charge on any atom is 0.433 e. The minimum absolute atomic E-state index is 0.195. The van der Waals surface area contributed by atoms with Crippen LogP contribution in [-0.2, 0) is 10.9 Å². The molecule has 2 atom stereocenters. The fourth-order valence-corrected chi connectivity index (χ4v) is 3.72. The van der Waals surface area contributed by atoms with Crippen LogP contribution in [0.25, 0.3) is 5.65 Å².